The van der Waals surface area contributed by atoms with Gasteiger partial charge < -0.3 is 24.3 Å². The first-order chi connectivity index (χ1) is 19.7. The lowest BCUT2D eigenvalue weighted by atomic mass is 9.96. The molecule has 1 aliphatic heterocycles. The number of amides is 1. The lowest BCUT2D eigenvalue weighted by Gasteiger charge is -2.23. The van der Waals surface area contributed by atoms with E-state index in [9.17, 15) is 24.3 Å². The number of hydrogen-bond acceptors (Lipinski definition) is 9. The molecule has 2 aromatic carbocycles. The molecular formula is C26H21ClF2N4O6S2. The summed E-state index contributed by atoms with van der Waals surface area (Å²) in [5.41, 5.74) is -1.56. The first kappa shape index (κ1) is 29.0. The van der Waals surface area contributed by atoms with Crippen molar-refractivity contribution in [3.05, 3.63) is 44.7 Å². The predicted molar refractivity (Wildman–Crippen MR) is 151 cm³/mol. The summed E-state index contributed by atoms with van der Waals surface area (Å²) in [6.07, 6.45) is 2.44. The van der Waals surface area contributed by atoms with Gasteiger partial charge in [0.2, 0.25) is 0 Å². The Bertz CT molecular complexity index is 1770. The fraction of sp³-hybridized carbons (Fsp3) is 0.308. The van der Waals surface area contributed by atoms with Crippen molar-refractivity contribution in [1.29, 1.82) is 5.26 Å². The number of nitrogens with zero attached hydrogens (tertiary/aromatic N) is 2. The molecule has 4 aromatic rings. The van der Waals surface area contributed by atoms with Gasteiger partial charge in [-0.3, -0.25) is 10.1 Å². The van der Waals surface area contributed by atoms with Crippen LogP contribution in [0.2, 0.25) is 5.02 Å². The van der Waals surface area contributed by atoms with Crippen LogP contribution in [0.3, 0.4) is 0 Å². The first-order valence-electron chi connectivity index (χ1n) is 12.3. The number of H-pyrrole nitrogens is 1. The Hall–Kier alpha value is -3.48. The number of fused-ring (bicyclic) bond motifs is 2. The molecule has 1 aliphatic rings. The summed E-state index contributed by atoms with van der Waals surface area (Å²) >= 11 is 8.49. The number of hydrogen-bond donors (Lipinski definition) is 3. The predicted octanol–water partition coefficient (Wildman–Crippen LogP) is 6.34. The molecule has 0 spiro atoms. The number of thiophene rings is 1. The Balaban J connectivity index is 1.69. The summed E-state index contributed by atoms with van der Waals surface area (Å²) in [4.78, 5) is 31.2. The molecule has 1 unspecified atom stereocenters. The van der Waals surface area contributed by atoms with E-state index in [0.717, 1.165) is 37.1 Å². The van der Waals surface area contributed by atoms with Gasteiger partial charge in [-0.05, 0) is 37.1 Å². The molecule has 3 heterocycles. The van der Waals surface area contributed by atoms with E-state index in [1.165, 1.54) is 6.07 Å². The zero-order valence-corrected chi connectivity index (χ0v) is 23.7. The van der Waals surface area contributed by atoms with Crippen LogP contribution in [0.15, 0.2) is 22.1 Å². The third-order valence-corrected chi connectivity index (χ3v) is 8.38. The van der Waals surface area contributed by atoms with Crippen molar-refractivity contribution in [2.75, 3.05) is 31.4 Å². The number of aromatic nitrogens is 2. The lowest BCUT2D eigenvalue weighted by molar-refractivity contribution is -0.165. The maximum absolute atomic E-state index is 16.3. The molecule has 41 heavy (non-hydrogen) atoms. The van der Waals surface area contributed by atoms with Crippen molar-refractivity contribution in [2.45, 2.75) is 30.7 Å². The van der Waals surface area contributed by atoms with Crippen molar-refractivity contribution in [2.24, 2.45) is 0 Å². The van der Waals surface area contributed by atoms with Gasteiger partial charge in [0.25, 0.3) is 5.56 Å². The van der Waals surface area contributed by atoms with Gasteiger partial charge in [-0.15, -0.1) is 11.3 Å². The van der Waals surface area contributed by atoms with Gasteiger partial charge in [0.05, 0.1) is 21.9 Å². The second-order valence-corrected chi connectivity index (χ2v) is 11.0. The highest BCUT2D eigenvalue weighted by Crippen LogP contribution is 2.48. The zero-order valence-electron chi connectivity index (χ0n) is 21.3. The topological polar surface area (TPSA) is 147 Å². The Labute approximate surface area is 244 Å². The molecular weight excluding hydrogens is 602 g/mol. The normalized spacial score (nSPS) is 15.2. The van der Waals surface area contributed by atoms with E-state index in [1.807, 2.05) is 6.07 Å². The van der Waals surface area contributed by atoms with Gasteiger partial charge in [-0.1, -0.05) is 29.4 Å². The molecule has 0 aliphatic carbocycles. The van der Waals surface area contributed by atoms with Gasteiger partial charge >= 0.3 is 6.09 Å². The van der Waals surface area contributed by atoms with Gasteiger partial charge in [0.1, 0.15) is 34.4 Å². The number of carbonyl (C=O) groups is 1. The van der Waals surface area contributed by atoms with E-state index >= 15 is 4.39 Å². The minimum atomic E-state index is -1.46. The number of ether oxygens (including phenoxy) is 3. The molecule has 10 nitrogen and oxygen atoms in total. The van der Waals surface area contributed by atoms with Crippen LogP contribution in [0.1, 0.15) is 24.8 Å². The summed E-state index contributed by atoms with van der Waals surface area (Å²) in [5, 5.41) is 20.5. The van der Waals surface area contributed by atoms with E-state index in [-0.39, 0.29) is 78.1 Å². The molecule has 2 aromatic heterocycles. The van der Waals surface area contributed by atoms with Crippen LogP contribution < -0.4 is 15.6 Å². The molecule has 15 heteroatoms. The summed E-state index contributed by atoms with van der Waals surface area (Å²) in [6.45, 7) is 0.597. The van der Waals surface area contributed by atoms with Gasteiger partial charge in [-0.25, -0.2) is 18.6 Å². The van der Waals surface area contributed by atoms with Gasteiger partial charge in [0.15, 0.2) is 23.0 Å². The molecule has 5 rings (SSSR count). The van der Waals surface area contributed by atoms with Crippen LogP contribution in [0.4, 0.5) is 18.6 Å². The number of anilines is 1. The number of halogens is 3. The number of nitriles is 1. The maximum Gasteiger partial charge on any atom is 0.409 e. The van der Waals surface area contributed by atoms with Crippen LogP contribution in [0.25, 0.3) is 32.1 Å². The zero-order chi connectivity index (χ0) is 29.3. The highest BCUT2D eigenvalue weighted by atomic mass is 35.5. The van der Waals surface area contributed by atoms with Crippen LogP contribution in [0, 0.1) is 23.0 Å². The third kappa shape index (κ3) is 5.55. The van der Waals surface area contributed by atoms with Gasteiger partial charge in [-0.2, -0.15) is 5.26 Å². The molecule has 1 amide bonds. The molecule has 1 saturated heterocycles. The standard InChI is InChI=1S/C26H21ClF2N4O6S2/c1-40-25-31-20-17(23(34)32-25)21(39-9-8-38-14-4-2-3-7-37-14)18(27)16(19(20)29)11-5-6-13(28)22-15(11)12(10-30)24(41-22)33-26(35)36/h5-6,14,33H,2-4,7-9H2,1H3,(H,35,36)(H,31,32,34). The van der Waals surface area contributed by atoms with Crippen LogP contribution in [-0.2, 0) is 9.47 Å². The lowest BCUT2D eigenvalue weighted by Crippen LogP contribution is -2.24. The van der Waals surface area contributed by atoms with Crippen molar-refractivity contribution in [3.8, 4) is 22.9 Å². The van der Waals surface area contributed by atoms with Crippen LogP contribution in [-0.4, -0.2) is 53.5 Å². The number of aromatic amines is 1. The van der Waals surface area contributed by atoms with Crippen molar-refractivity contribution in [1.82, 2.24) is 9.97 Å². The fourth-order valence-electron chi connectivity index (χ4n) is 4.57. The molecule has 0 radical (unpaired) electrons. The highest BCUT2D eigenvalue weighted by Gasteiger charge is 2.29. The van der Waals surface area contributed by atoms with E-state index in [1.54, 1.807) is 6.26 Å². The average molecular weight is 623 g/mol. The molecule has 3 N–H and O–H groups in total. The number of rotatable bonds is 8. The summed E-state index contributed by atoms with van der Waals surface area (Å²) in [5.74, 6) is -1.93. The molecule has 1 fully saturated rings. The fourth-order valence-corrected chi connectivity index (χ4v) is 6.35. The van der Waals surface area contributed by atoms with Crippen LogP contribution >= 0.6 is 34.7 Å². The van der Waals surface area contributed by atoms with Gasteiger partial charge in [0, 0.05) is 17.6 Å². The highest BCUT2D eigenvalue weighted by molar-refractivity contribution is 7.98. The largest absolute Gasteiger partial charge is 0.489 e. The van der Waals surface area contributed by atoms with Crippen molar-refractivity contribution >= 4 is 66.8 Å². The second kappa shape index (κ2) is 12.2. The van der Waals surface area contributed by atoms with Crippen molar-refractivity contribution in [3.63, 3.8) is 0 Å². The minimum absolute atomic E-state index is 0.0125. The van der Waals surface area contributed by atoms with Crippen LogP contribution in [0.5, 0.6) is 5.75 Å². The number of nitrogens with one attached hydrogen (secondary N) is 2. The van der Waals surface area contributed by atoms with E-state index < -0.39 is 23.3 Å². The van der Waals surface area contributed by atoms with E-state index in [2.05, 4.69) is 15.3 Å². The number of carboxylic acid groups (broad SMARTS) is 1. The SMILES string of the molecule is CSc1nc2c(F)c(-c3ccc(F)c4sc(NC(=O)O)c(C#N)c34)c(Cl)c(OCCOC3CCCCO3)c2c(=O)[nH]1. The maximum atomic E-state index is 16.3. The average Bonchev–Trinajstić information content (AvgIpc) is 3.32. The number of benzene rings is 2. The summed E-state index contributed by atoms with van der Waals surface area (Å²) in [6, 6.07) is 4.15. The third-order valence-electron chi connectivity index (χ3n) is 6.33. The Morgan fingerprint density at radius 3 is 2.85 bits per heavy atom. The monoisotopic (exact) mass is 622 g/mol. The Morgan fingerprint density at radius 2 is 2.17 bits per heavy atom. The molecule has 0 saturated carbocycles. The quantitative estimate of drug-likeness (QED) is 0.116. The summed E-state index contributed by atoms with van der Waals surface area (Å²) in [7, 11) is 0. The molecule has 0 bridgehead atoms. The second-order valence-electron chi connectivity index (χ2n) is 8.79. The minimum Gasteiger partial charge on any atom is -0.489 e. The number of thioether (sulfide) groups is 1. The first-order valence-corrected chi connectivity index (χ1v) is 14.7. The Kier molecular flexibility index (Phi) is 8.62. The van der Waals surface area contributed by atoms with E-state index in [4.69, 9.17) is 25.8 Å². The molecule has 1 atom stereocenters. The summed E-state index contributed by atoms with van der Waals surface area (Å²) < 4.78 is 48.2. The van der Waals surface area contributed by atoms with E-state index in [0.29, 0.717) is 17.9 Å². The van der Waals surface area contributed by atoms with Crippen molar-refractivity contribution < 1.29 is 32.9 Å². The smallest absolute Gasteiger partial charge is 0.409 e. The molecule has 214 valence electrons. The Morgan fingerprint density at radius 1 is 1.37 bits per heavy atom.